The monoisotopic (exact) mass is 450 g/mol. The molecule has 0 saturated carbocycles. The molecule has 2 heterocycles. The van der Waals surface area contributed by atoms with Crippen LogP contribution >= 0.6 is 11.3 Å². The number of benzene rings is 2. The van der Waals surface area contributed by atoms with E-state index in [2.05, 4.69) is 15.6 Å². The fraction of sp³-hybridized carbons (Fsp3) is 0.292. The van der Waals surface area contributed by atoms with Crippen molar-refractivity contribution in [3.63, 3.8) is 0 Å². The maximum absolute atomic E-state index is 13.2. The maximum Gasteiger partial charge on any atom is 0.271 e. The van der Waals surface area contributed by atoms with Gasteiger partial charge < -0.3 is 20.3 Å². The molecule has 8 heteroatoms. The van der Waals surface area contributed by atoms with E-state index in [9.17, 15) is 9.59 Å². The number of morpholine rings is 1. The molecule has 2 amide bonds. The van der Waals surface area contributed by atoms with Crippen LogP contribution in [0.2, 0.25) is 0 Å². The highest BCUT2D eigenvalue weighted by Crippen LogP contribution is 2.22. The van der Waals surface area contributed by atoms with Gasteiger partial charge in [-0.2, -0.15) is 0 Å². The molecule has 2 N–H and O–H groups in total. The first-order valence-electron chi connectivity index (χ1n) is 10.6. The van der Waals surface area contributed by atoms with Gasteiger partial charge in [0.25, 0.3) is 5.91 Å². The third-order valence-corrected chi connectivity index (χ3v) is 5.97. The predicted molar refractivity (Wildman–Crippen MR) is 125 cm³/mol. The van der Waals surface area contributed by atoms with Gasteiger partial charge in [-0.05, 0) is 30.2 Å². The molecule has 1 atom stereocenters. The van der Waals surface area contributed by atoms with Gasteiger partial charge in [0, 0.05) is 30.6 Å². The Hall–Kier alpha value is -3.23. The summed E-state index contributed by atoms with van der Waals surface area (Å²) in [7, 11) is 0. The van der Waals surface area contributed by atoms with Crippen molar-refractivity contribution in [2.24, 2.45) is 0 Å². The van der Waals surface area contributed by atoms with E-state index in [1.54, 1.807) is 10.3 Å². The quantitative estimate of drug-likeness (QED) is 0.577. The number of amides is 2. The molecule has 0 bridgehead atoms. The molecule has 0 aliphatic carbocycles. The summed E-state index contributed by atoms with van der Waals surface area (Å²) in [4.78, 5) is 32.3. The van der Waals surface area contributed by atoms with Crippen molar-refractivity contribution in [1.82, 2.24) is 15.2 Å². The van der Waals surface area contributed by atoms with Crippen LogP contribution in [0.5, 0.6) is 0 Å². The van der Waals surface area contributed by atoms with Crippen LogP contribution in [0, 0.1) is 6.92 Å². The highest BCUT2D eigenvalue weighted by atomic mass is 32.1. The van der Waals surface area contributed by atoms with Gasteiger partial charge in [0.15, 0.2) is 5.13 Å². The van der Waals surface area contributed by atoms with Crippen LogP contribution in [-0.4, -0.2) is 54.0 Å². The number of aromatic nitrogens is 1. The lowest BCUT2D eigenvalue weighted by atomic mass is 10.0. The predicted octanol–water partition coefficient (Wildman–Crippen LogP) is 3.40. The summed E-state index contributed by atoms with van der Waals surface area (Å²) in [5.41, 5.74) is 3.32. The number of nitrogens with zero attached hydrogens (tertiary/aromatic N) is 2. The third-order valence-electron chi connectivity index (χ3n) is 5.21. The van der Waals surface area contributed by atoms with E-state index in [1.807, 2.05) is 61.5 Å². The minimum atomic E-state index is -0.669. The normalized spacial score (nSPS) is 14.6. The van der Waals surface area contributed by atoms with E-state index in [-0.39, 0.29) is 17.5 Å². The zero-order chi connectivity index (χ0) is 22.3. The zero-order valence-corrected chi connectivity index (χ0v) is 18.7. The summed E-state index contributed by atoms with van der Waals surface area (Å²) in [6, 6.07) is 17.0. The minimum Gasteiger partial charge on any atom is -0.378 e. The summed E-state index contributed by atoms with van der Waals surface area (Å²) < 4.78 is 5.36. The lowest BCUT2D eigenvalue weighted by molar-refractivity contribution is -0.137. The Morgan fingerprint density at radius 3 is 2.66 bits per heavy atom. The number of carbonyl (C=O) groups is 2. The molecule has 4 rings (SSSR count). The molecule has 166 valence electrons. The Labute approximate surface area is 191 Å². The van der Waals surface area contributed by atoms with E-state index >= 15 is 0 Å². The molecule has 7 nitrogen and oxygen atoms in total. The van der Waals surface area contributed by atoms with E-state index in [0.29, 0.717) is 37.9 Å². The first kappa shape index (κ1) is 22.0. The Bertz CT molecular complexity index is 1060. The molecule has 1 aliphatic heterocycles. The van der Waals surface area contributed by atoms with Gasteiger partial charge in [-0.1, -0.05) is 42.5 Å². The van der Waals surface area contributed by atoms with Crippen LogP contribution < -0.4 is 10.6 Å². The number of rotatable bonds is 7. The molecule has 0 spiro atoms. The summed E-state index contributed by atoms with van der Waals surface area (Å²) in [5, 5.41) is 8.46. The molecule has 1 aromatic heterocycles. The molecule has 1 saturated heterocycles. The van der Waals surface area contributed by atoms with Crippen LogP contribution in [0.25, 0.3) is 0 Å². The van der Waals surface area contributed by atoms with Gasteiger partial charge in [-0.3, -0.25) is 9.59 Å². The van der Waals surface area contributed by atoms with Gasteiger partial charge in [-0.25, -0.2) is 4.98 Å². The minimum absolute atomic E-state index is 0.0983. The number of carbonyl (C=O) groups excluding carboxylic acids is 2. The summed E-state index contributed by atoms with van der Waals surface area (Å²) in [5.74, 6) is -0.458. The van der Waals surface area contributed by atoms with Gasteiger partial charge >= 0.3 is 0 Å². The van der Waals surface area contributed by atoms with Crippen LogP contribution in [0.3, 0.4) is 0 Å². The van der Waals surface area contributed by atoms with Crippen LogP contribution in [-0.2, 0) is 16.0 Å². The summed E-state index contributed by atoms with van der Waals surface area (Å²) in [6.45, 7) is 4.10. The second kappa shape index (κ2) is 10.4. The smallest absolute Gasteiger partial charge is 0.271 e. The highest BCUT2D eigenvalue weighted by molar-refractivity contribution is 7.14. The molecule has 32 heavy (non-hydrogen) atoms. The number of aryl methyl sites for hydroxylation is 1. The van der Waals surface area contributed by atoms with Gasteiger partial charge in [0.1, 0.15) is 11.7 Å². The van der Waals surface area contributed by atoms with E-state index in [0.717, 1.165) is 16.8 Å². The average molecular weight is 451 g/mol. The Balaban J connectivity index is 1.46. The van der Waals surface area contributed by atoms with Crippen molar-refractivity contribution < 1.29 is 14.3 Å². The molecule has 1 unspecified atom stereocenters. The number of ether oxygens (including phenoxy) is 1. The maximum atomic E-state index is 13.2. The third kappa shape index (κ3) is 5.72. The summed E-state index contributed by atoms with van der Waals surface area (Å²) >= 11 is 1.35. The number of hydrogen-bond donors (Lipinski definition) is 2. The van der Waals surface area contributed by atoms with E-state index < -0.39 is 6.04 Å². The van der Waals surface area contributed by atoms with Crippen molar-refractivity contribution >= 4 is 34.0 Å². The van der Waals surface area contributed by atoms with Crippen molar-refractivity contribution in [3.8, 4) is 0 Å². The largest absolute Gasteiger partial charge is 0.378 e. The van der Waals surface area contributed by atoms with Gasteiger partial charge in [0.2, 0.25) is 5.91 Å². The number of anilines is 2. The first-order chi connectivity index (χ1) is 15.6. The Morgan fingerprint density at radius 1 is 1.12 bits per heavy atom. The second-order valence-electron chi connectivity index (χ2n) is 7.69. The molecule has 1 fully saturated rings. The molecule has 0 radical (unpaired) electrons. The lowest BCUT2D eigenvalue weighted by Gasteiger charge is -2.30. The molecular formula is C24H26N4O3S. The number of nitrogens with one attached hydrogen (secondary N) is 2. The average Bonchev–Trinajstić information content (AvgIpc) is 3.28. The van der Waals surface area contributed by atoms with Crippen LogP contribution in [0.4, 0.5) is 10.8 Å². The van der Waals surface area contributed by atoms with E-state index in [1.165, 1.54) is 11.3 Å². The standard InChI is InChI=1S/C24H26N4O3S/c1-17-6-5-9-19(14-17)25-24-27-21(16-32-24)22(29)26-20(15-18-7-3-2-4-8-18)23(30)28-10-12-31-13-11-28/h2-9,14,16,20H,10-13,15H2,1H3,(H,25,27)(H,26,29). The zero-order valence-electron chi connectivity index (χ0n) is 17.9. The van der Waals surface area contributed by atoms with Crippen molar-refractivity contribution in [3.05, 3.63) is 76.8 Å². The van der Waals surface area contributed by atoms with Crippen molar-refractivity contribution in [1.29, 1.82) is 0 Å². The van der Waals surface area contributed by atoms with Crippen LogP contribution in [0.1, 0.15) is 21.6 Å². The number of thiazole rings is 1. The SMILES string of the molecule is Cc1cccc(Nc2nc(C(=O)NC(Cc3ccccc3)C(=O)N3CCOCC3)cs2)c1. The fourth-order valence-electron chi connectivity index (χ4n) is 3.57. The second-order valence-corrected chi connectivity index (χ2v) is 8.54. The molecule has 2 aromatic carbocycles. The number of hydrogen-bond acceptors (Lipinski definition) is 6. The van der Waals surface area contributed by atoms with Gasteiger partial charge in [0.05, 0.1) is 13.2 Å². The lowest BCUT2D eigenvalue weighted by Crippen LogP contribution is -2.52. The van der Waals surface area contributed by atoms with Gasteiger partial charge in [-0.15, -0.1) is 11.3 Å². The van der Waals surface area contributed by atoms with Crippen LogP contribution in [0.15, 0.2) is 60.0 Å². The van der Waals surface area contributed by atoms with Crippen molar-refractivity contribution in [2.45, 2.75) is 19.4 Å². The Morgan fingerprint density at radius 2 is 1.91 bits per heavy atom. The van der Waals surface area contributed by atoms with Crippen molar-refractivity contribution in [2.75, 3.05) is 31.6 Å². The Kier molecular flexibility index (Phi) is 7.14. The summed E-state index contributed by atoms with van der Waals surface area (Å²) in [6.07, 6.45) is 0.418. The highest BCUT2D eigenvalue weighted by Gasteiger charge is 2.28. The van der Waals surface area contributed by atoms with E-state index in [4.69, 9.17) is 4.74 Å². The first-order valence-corrected chi connectivity index (χ1v) is 11.5. The molecule has 1 aliphatic rings. The molecular weight excluding hydrogens is 424 g/mol. The molecule has 3 aromatic rings. The fourth-order valence-corrected chi connectivity index (χ4v) is 4.28. The topological polar surface area (TPSA) is 83.6 Å².